The minimum absolute atomic E-state index is 0. The molecule has 0 spiro atoms. The van der Waals surface area contributed by atoms with Crippen LogP contribution < -0.4 is 10.2 Å². The van der Waals surface area contributed by atoms with Crippen LogP contribution in [0, 0.1) is 11.3 Å². The number of nitrogens with zero attached hydrogens (tertiary/aromatic N) is 4. The van der Waals surface area contributed by atoms with E-state index in [-0.39, 0.29) is 36.6 Å². The number of fused-ring (bicyclic) bond motifs is 1. The number of carbonyl (C=O) groups excluding carboxylic acids is 1. The number of piperazine rings is 1. The van der Waals surface area contributed by atoms with Crippen molar-refractivity contribution in [3.8, 4) is 6.07 Å². The highest BCUT2D eigenvalue weighted by atomic mass is 35.5. The van der Waals surface area contributed by atoms with E-state index in [9.17, 15) is 4.79 Å². The molecule has 3 atom stereocenters. The molecule has 2 fully saturated rings. The van der Waals surface area contributed by atoms with Crippen molar-refractivity contribution in [2.45, 2.75) is 44.1 Å². The maximum atomic E-state index is 12.9. The molecule has 0 saturated carbocycles. The van der Waals surface area contributed by atoms with Crippen LogP contribution in [-0.2, 0) is 16.1 Å². The lowest BCUT2D eigenvalue weighted by Gasteiger charge is -2.35. The van der Waals surface area contributed by atoms with Crippen LogP contribution in [0.2, 0.25) is 0 Å². The molecule has 0 bridgehead atoms. The zero-order valence-electron chi connectivity index (χ0n) is 17.9. The van der Waals surface area contributed by atoms with Gasteiger partial charge in [0.15, 0.2) is 0 Å². The number of hydrogen-bond donors (Lipinski definition) is 1. The van der Waals surface area contributed by atoms with Crippen LogP contribution >= 0.6 is 12.4 Å². The van der Waals surface area contributed by atoms with Crippen LogP contribution in [-0.4, -0.2) is 54.2 Å². The van der Waals surface area contributed by atoms with Crippen molar-refractivity contribution in [1.29, 1.82) is 5.26 Å². The van der Waals surface area contributed by atoms with E-state index >= 15 is 0 Å². The first-order valence-corrected chi connectivity index (χ1v) is 11.1. The van der Waals surface area contributed by atoms with Gasteiger partial charge in [-0.2, -0.15) is 5.26 Å². The summed E-state index contributed by atoms with van der Waals surface area (Å²) in [6.45, 7) is 3.77. The number of carbonyl (C=O) groups is 1. The fraction of sp³-hybridized carbons (Fsp3) is 0.458. The predicted octanol–water partition coefficient (Wildman–Crippen LogP) is 2.81. The van der Waals surface area contributed by atoms with Gasteiger partial charge in [-0.3, -0.25) is 4.79 Å². The first-order chi connectivity index (χ1) is 15.2. The summed E-state index contributed by atoms with van der Waals surface area (Å²) in [6.07, 6.45) is 4.12. The Labute approximate surface area is 194 Å². The Morgan fingerprint density at radius 3 is 2.72 bits per heavy atom. The summed E-state index contributed by atoms with van der Waals surface area (Å²) in [5.41, 5.74) is 3.25. The van der Waals surface area contributed by atoms with E-state index in [4.69, 9.17) is 10.00 Å². The topological polar surface area (TPSA) is 81.5 Å². The number of aromatic nitrogens is 1. The molecule has 3 aliphatic heterocycles. The molecule has 0 aliphatic carbocycles. The Morgan fingerprint density at radius 2 is 1.97 bits per heavy atom. The molecule has 1 amide bonds. The number of anilines is 1. The van der Waals surface area contributed by atoms with Crippen molar-refractivity contribution in [2.75, 3.05) is 31.1 Å². The molecule has 3 aliphatic rings. The van der Waals surface area contributed by atoms with E-state index in [2.05, 4.69) is 45.5 Å². The van der Waals surface area contributed by atoms with Crippen LogP contribution in [0.15, 0.2) is 42.6 Å². The van der Waals surface area contributed by atoms with Gasteiger partial charge >= 0.3 is 0 Å². The van der Waals surface area contributed by atoms with Crippen molar-refractivity contribution >= 4 is 24.1 Å². The number of amides is 1. The fourth-order valence-corrected chi connectivity index (χ4v) is 4.94. The lowest BCUT2D eigenvalue weighted by molar-refractivity contribution is -0.134. The fourth-order valence-electron chi connectivity index (χ4n) is 4.94. The SMILES string of the molecule is Cl.N#Cc1ccc(N2CCN(C(=O)CC3CCC(C4NCc5ccccc54)O3)CC2)nc1. The van der Waals surface area contributed by atoms with Gasteiger partial charge in [-0.25, -0.2) is 4.98 Å². The molecule has 2 saturated heterocycles. The Balaban J connectivity index is 0.00000245. The van der Waals surface area contributed by atoms with E-state index in [1.54, 1.807) is 12.3 Å². The molecular weight excluding hydrogens is 426 g/mol. The minimum atomic E-state index is 0. The van der Waals surface area contributed by atoms with Gasteiger partial charge in [0, 0.05) is 38.9 Å². The summed E-state index contributed by atoms with van der Waals surface area (Å²) in [5, 5.41) is 12.5. The summed E-state index contributed by atoms with van der Waals surface area (Å²) in [6, 6.07) is 14.5. The van der Waals surface area contributed by atoms with Gasteiger partial charge in [-0.1, -0.05) is 24.3 Å². The zero-order valence-corrected chi connectivity index (χ0v) is 18.8. The van der Waals surface area contributed by atoms with Gasteiger partial charge in [0.2, 0.25) is 5.91 Å². The molecule has 7 nitrogen and oxygen atoms in total. The van der Waals surface area contributed by atoms with Crippen LogP contribution in [0.5, 0.6) is 0 Å². The number of ether oxygens (including phenoxy) is 1. The summed E-state index contributed by atoms with van der Waals surface area (Å²) in [7, 11) is 0. The number of pyridine rings is 1. The van der Waals surface area contributed by atoms with Crippen LogP contribution in [0.4, 0.5) is 5.82 Å². The molecule has 1 N–H and O–H groups in total. The normalized spacial score (nSPS) is 24.5. The Morgan fingerprint density at radius 1 is 1.16 bits per heavy atom. The smallest absolute Gasteiger partial charge is 0.225 e. The molecular formula is C24H28ClN5O2. The lowest BCUT2D eigenvalue weighted by atomic mass is 9.99. The predicted molar refractivity (Wildman–Crippen MR) is 124 cm³/mol. The first-order valence-electron chi connectivity index (χ1n) is 11.1. The monoisotopic (exact) mass is 453 g/mol. The molecule has 168 valence electrons. The second-order valence-electron chi connectivity index (χ2n) is 8.52. The van der Waals surface area contributed by atoms with Gasteiger partial charge in [0.1, 0.15) is 11.9 Å². The molecule has 0 radical (unpaired) electrons. The van der Waals surface area contributed by atoms with Crippen molar-refractivity contribution in [3.05, 3.63) is 59.3 Å². The van der Waals surface area contributed by atoms with Crippen LogP contribution in [0.25, 0.3) is 0 Å². The summed E-state index contributed by atoms with van der Waals surface area (Å²) < 4.78 is 6.32. The molecule has 1 aromatic carbocycles. The third kappa shape index (κ3) is 4.58. The Bertz CT molecular complexity index is 985. The van der Waals surface area contributed by atoms with Crippen LogP contribution in [0.1, 0.15) is 42.0 Å². The van der Waals surface area contributed by atoms with Gasteiger partial charge in [-0.05, 0) is 36.1 Å². The second kappa shape index (κ2) is 9.86. The number of nitrogens with one attached hydrogen (secondary N) is 1. The third-order valence-corrected chi connectivity index (χ3v) is 6.65. The van der Waals surface area contributed by atoms with Crippen molar-refractivity contribution in [3.63, 3.8) is 0 Å². The third-order valence-electron chi connectivity index (χ3n) is 6.65. The number of benzene rings is 1. The highest BCUT2D eigenvalue weighted by Gasteiger charge is 2.37. The maximum Gasteiger partial charge on any atom is 0.225 e. The van der Waals surface area contributed by atoms with E-state index in [0.717, 1.165) is 38.3 Å². The zero-order chi connectivity index (χ0) is 21.2. The van der Waals surface area contributed by atoms with Gasteiger partial charge in [0.25, 0.3) is 0 Å². The summed E-state index contributed by atoms with van der Waals surface area (Å²) in [4.78, 5) is 21.3. The molecule has 32 heavy (non-hydrogen) atoms. The highest BCUT2D eigenvalue weighted by molar-refractivity contribution is 5.85. The van der Waals surface area contributed by atoms with E-state index in [1.165, 1.54) is 11.1 Å². The van der Waals surface area contributed by atoms with E-state index in [0.29, 0.717) is 25.1 Å². The number of rotatable bonds is 4. The number of nitriles is 1. The molecule has 4 heterocycles. The quantitative estimate of drug-likeness (QED) is 0.766. The largest absolute Gasteiger partial charge is 0.372 e. The standard InChI is InChI=1S/C24H27N5O2.ClH/c25-14-17-5-8-22(26-15-17)28-9-11-29(12-10-28)23(30)13-19-6-7-21(31-19)24-20-4-2-1-3-18(20)16-27-24;/h1-5,8,15,19,21,24,27H,6-7,9-13,16H2;1H. The van der Waals surface area contributed by atoms with Gasteiger partial charge in [0.05, 0.1) is 30.2 Å². The van der Waals surface area contributed by atoms with Crippen molar-refractivity contribution in [1.82, 2.24) is 15.2 Å². The molecule has 3 unspecified atom stereocenters. The van der Waals surface area contributed by atoms with E-state index < -0.39 is 0 Å². The van der Waals surface area contributed by atoms with Gasteiger partial charge < -0.3 is 19.9 Å². The molecule has 8 heteroatoms. The van der Waals surface area contributed by atoms with Gasteiger partial charge in [-0.15, -0.1) is 12.4 Å². The molecule has 5 rings (SSSR count). The van der Waals surface area contributed by atoms with Crippen molar-refractivity contribution < 1.29 is 9.53 Å². The van der Waals surface area contributed by atoms with Crippen LogP contribution in [0.3, 0.4) is 0 Å². The highest BCUT2D eigenvalue weighted by Crippen LogP contribution is 2.36. The van der Waals surface area contributed by atoms with Crippen molar-refractivity contribution in [2.24, 2.45) is 0 Å². The minimum Gasteiger partial charge on any atom is -0.372 e. The average molecular weight is 454 g/mol. The lowest BCUT2D eigenvalue weighted by Crippen LogP contribution is -2.49. The Hall–Kier alpha value is -2.66. The first kappa shape index (κ1) is 22.5. The molecule has 2 aromatic rings. The number of halogens is 1. The second-order valence-corrected chi connectivity index (χ2v) is 8.52. The average Bonchev–Trinajstić information content (AvgIpc) is 3.46. The number of hydrogen-bond acceptors (Lipinski definition) is 6. The summed E-state index contributed by atoms with van der Waals surface area (Å²) in [5.74, 6) is 1.04. The summed E-state index contributed by atoms with van der Waals surface area (Å²) >= 11 is 0. The maximum absolute atomic E-state index is 12.9. The van der Waals surface area contributed by atoms with E-state index in [1.807, 2.05) is 11.0 Å². The molecule has 1 aromatic heterocycles. The Kier molecular flexibility index (Phi) is 6.95.